The van der Waals surface area contributed by atoms with Crippen LogP contribution in [0.3, 0.4) is 0 Å². The Bertz CT molecular complexity index is 408. The molecule has 1 aromatic heterocycles. The van der Waals surface area contributed by atoms with E-state index in [1.807, 2.05) is 4.90 Å². The number of carbonyl (C=O) groups is 1. The Labute approximate surface area is 104 Å². The first-order chi connectivity index (χ1) is 7.70. The normalized spacial score (nSPS) is 16.2. The van der Waals surface area contributed by atoms with Crippen molar-refractivity contribution in [2.75, 3.05) is 31.2 Å². The van der Waals surface area contributed by atoms with Gasteiger partial charge < -0.3 is 9.64 Å². The molecule has 0 radical (unpaired) electrons. The number of nitrogens with zero attached hydrogens (tertiary/aromatic N) is 2. The molecular formula is C10H11ClN2O2S. The summed E-state index contributed by atoms with van der Waals surface area (Å²) in [5.41, 5.74) is 0.390. The van der Waals surface area contributed by atoms with Gasteiger partial charge in [-0.05, 0) is 6.07 Å². The Morgan fingerprint density at radius 3 is 2.81 bits per heavy atom. The molecule has 1 aliphatic heterocycles. The second-order valence-corrected chi connectivity index (χ2v) is 4.18. The summed E-state index contributed by atoms with van der Waals surface area (Å²) in [6.45, 7) is 2.77. The summed E-state index contributed by atoms with van der Waals surface area (Å²) in [7, 11) is 0. The van der Waals surface area contributed by atoms with Crippen molar-refractivity contribution in [2.24, 2.45) is 0 Å². The first-order valence-corrected chi connectivity index (χ1v) is 5.73. The van der Waals surface area contributed by atoms with Gasteiger partial charge >= 0.3 is 0 Å². The number of thiol groups is 1. The SMILES string of the molecule is O=C(S)c1ccnc(N2CCOCC2)c1Cl. The topological polar surface area (TPSA) is 42.4 Å². The van der Waals surface area contributed by atoms with Gasteiger partial charge in [0.05, 0.1) is 23.8 Å². The fourth-order valence-electron chi connectivity index (χ4n) is 1.59. The molecule has 16 heavy (non-hydrogen) atoms. The second-order valence-electron chi connectivity index (χ2n) is 3.40. The Balaban J connectivity index is 2.33. The summed E-state index contributed by atoms with van der Waals surface area (Å²) in [6.07, 6.45) is 1.57. The Kier molecular flexibility index (Phi) is 3.68. The number of pyridine rings is 1. The number of morpholine rings is 1. The van der Waals surface area contributed by atoms with Crippen LogP contribution in [0.25, 0.3) is 0 Å². The van der Waals surface area contributed by atoms with Gasteiger partial charge in [-0.2, -0.15) is 0 Å². The van der Waals surface area contributed by atoms with Crippen LogP contribution in [0.5, 0.6) is 0 Å². The summed E-state index contributed by atoms with van der Waals surface area (Å²) in [6, 6.07) is 1.57. The zero-order valence-corrected chi connectivity index (χ0v) is 10.2. The maximum atomic E-state index is 11.2. The van der Waals surface area contributed by atoms with Gasteiger partial charge in [0.1, 0.15) is 5.82 Å². The third-order valence-corrected chi connectivity index (χ3v) is 3.03. The van der Waals surface area contributed by atoms with Crippen molar-refractivity contribution in [3.63, 3.8) is 0 Å². The van der Waals surface area contributed by atoms with Crippen LogP contribution in [0, 0.1) is 0 Å². The zero-order valence-electron chi connectivity index (χ0n) is 8.52. The van der Waals surface area contributed by atoms with Crippen molar-refractivity contribution >= 4 is 35.2 Å². The van der Waals surface area contributed by atoms with Gasteiger partial charge in [-0.3, -0.25) is 4.79 Å². The van der Waals surface area contributed by atoms with Crippen molar-refractivity contribution in [1.29, 1.82) is 0 Å². The van der Waals surface area contributed by atoms with Gasteiger partial charge in [-0.25, -0.2) is 4.98 Å². The average Bonchev–Trinajstić information content (AvgIpc) is 2.30. The lowest BCUT2D eigenvalue weighted by molar-refractivity contribution is 0.109. The number of rotatable bonds is 2. The number of halogens is 1. The van der Waals surface area contributed by atoms with E-state index in [2.05, 4.69) is 17.6 Å². The smallest absolute Gasteiger partial charge is 0.218 e. The van der Waals surface area contributed by atoms with E-state index in [1.54, 1.807) is 12.3 Å². The first-order valence-electron chi connectivity index (χ1n) is 4.90. The predicted molar refractivity (Wildman–Crippen MR) is 65.6 cm³/mol. The van der Waals surface area contributed by atoms with Gasteiger partial charge in [-0.15, -0.1) is 12.6 Å². The minimum atomic E-state index is -0.345. The molecule has 4 nitrogen and oxygen atoms in total. The van der Waals surface area contributed by atoms with Crippen LogP contribution >= 0.6 is 24.2 Å². The average molecular weight is 259 g/mol. The fourth-order valence-corrected chi connectivity index (χ4v) is 2.16. The van der Waals surface area contributed by atoms with E-state index < -0.39 is 0 Å². The molecule has 0 bridgehead atoms. The van der Waals surface area contributed by atoms with Crippen LogP contribution in [-0.4, -0.2) is 36.4 Å². The van der Waals surface area contributed by atoms with Crippen LogP contribution in [0.4, 0.5) is 5.82 Å². The molecule has 6 heteroatoms. The van der Waals surface area contributed by atoms with Crippen molar-refractivity contribution in [3.05, 3.63) is 22.8 Å². The van der Waals surface area contributed by atoms with Gasteiger partial charge in [0.15, 0.2) is 0 Å². The highest BCUT2D eigenvalue weighted by Crippen LogP contribution is 2.28. The predicted octanol–water partition coefficient (Wildman–Crippen LogP) is 1.64. The largest absolute Gasteiger partial charge is 0.378 e. The van der Waals surface area contributed by atoms with E-state index in [-0.39, 0.29) is 5.12 Å². The van der Waals surface area contributed by atoms with E-state index in [9.17, 15) is 4.79 Å². The minimum absolute atomic E-state index is 0.345. The molecule has 86 valence electrons. The van der Waals surface area contributed by atoms with E-state index in [4.69, 9.17) is 16.3 Å². The molecular weight excluding hydrogens is 248 g/mol. The molecule has 0 atom stereocenters. The maximum Gasteiger partial charge on any atom is 0.218 e. The second kappa shape index (κ2) is 5.03. The fraction of sp³-hybridized carbons (Fsp3) is 0.400. The molecule has 0 amide bonds. The summed E-state index contributed by atoms with van der Waals surface area (Å²) < 4.78 is 5.24. The number of carbonyl (C=O) groups excluding carboxylic acids is 1. The molecule has 0 unspecified atom stereocenters. The van der Waals surface area contributed by atoms with Gasteiger partial charge in [-0.1, -0.05) is 11.6 Å². The van der Waals surface area contributed by atoms with Crippen molar-refractivity contribution in [3.8, 4) is 0 Å². The van der Waals surface area contributed by atoms with Crippen molar-refractivity contribution in [2.45, 2.75) is 0 Å². The van der Waals surface area contributed by atoms with E-state index in [1.165, 1.54) is 0 Å². The first kappa shape index (κ1) is 11.7. The van der Waals surface area contributed by atoms with E-state index in [0.29, 0.717) is 29.6 Å². The van der Waals surface area contributed by atoms with E-state index in [0.717, 1.165) is 13.1 Å². The molecule has 0 spiro atoms. The summed E-state index contributed by atoms with van der Waals surface area (Å²) in [5.74, 6) is 0.630. The highest BCUT2D eigenvalue weighted by atomic mass is 35.5. The molecule has 2 rings (SSSR count). The molecule has 1 aliphatic rings. The maximum absolute atomic E-state index is 11.2. The molecule has 2 heterocycles. The third-order valence-electron chi connectivity index (χ3n) is 2.41. The van der Waals surface area contributed by atoms with Crippen molar-refractivity contribution in [1.82, 2.24) is 4.98 Å². The summed E-state index contributed by atoms with van der Waals surface area (Å²) in [5, 5.41) is 0.0197. The zero-order chi connectivity index (χ0) is 11.5. The number of anilines is 1. The van der Waals surface area contributed by atoms with Crippen LogP contribution in [0.1, 0.15) is 10.4 Å². The quantitative estimate of drug-likeness (QED) is 0.819. The minimum Gasteiger partial charge on any atom is -0.378 e. The summed E-state index contributed by atoms with van der Waals surface area (Å²) in [4.78, 5) is 17.4. The number of hydrogen-bond donors (Lipinski definition) is 1. The molecule has 1 saturated heterocycles. The monoisotopic (exact) mass is 258 g/mol. The Morgan fingerprint density at radius 1 is 1.50 bits per heavy atom. The number of aromatic nitrogens is 1. The molecule has 0 N–H and O–H groups in total. The van der Waals surface area contributed by atoms with Crippen LogP contribution in [0.2, 0.25) is 5.02 Å². The van der Waals surface area contributed by atoms with Crippen LogP contribution < -0.4 is 4.90 Å². The van der Waals surface area contributed by atoms with Crippen LogP contribution in [0.15, 0.2) is 12.3 Å². The summed E-state index contributed by atoms with van der Waals surface area (Å²) >= 11 is 9.90. The molecule has 0 aliphatic carbocycles. The van der Waals surface area contributed by atoms with Gasteiger partial charge in [0.25, 0.3) is 0 Å². The highest BCUT2D eigenvalue weighted by Gasteiger charge is 2.18. The lowest BCUT2D eigenvalue weighted by Gasteiger charge is -2.28. The molecule has 1 fully saturated rings. The Hall–Kier alpha value is -0.780. The number of hydrogen-bond acceptors (Lipinski definition) is 4. The van der Waals surface area contributed by atoms with E-state index >= 15 is 0 Å². The number of ether oxygens (including phenoxy) is 1. The van der Waals surface area contributed by atoms with Crippen LogP contribution in [-0.2, 0) is 4.74 Å². The lowest BCUT2D eigenvalue weighted by atomic mass is 10.2. The third kappa shape index (κ3) is 2.31. The van der Waals surface area contributed by atoms with Gasteiger partial charge in [0, 0.05) is 19.3 Å². The molecule has 0 aromatic carbocycles. The molecule has 1 aromatic rings. The highest BCUT2D eigenvalue weighted by molar-refractivity contribution is 7.97. The standard InChI is InChI=1S/C10H11ClN2O2S/c11-8-7(10(14)16)1-2-12-9(8)13-3-5-15-6-4-13/h1-2H,3-6H2,(H,14,16). The van der Waals surface area contributed by atoms with Gasteiger partial charge in [0.2, 0.25) is 5.12 Å². The lowest BCUT2D eigenvalue weighted by Crippen LogP contribution is -2.37. The van der Waals surface area contributed by atoms with Crippen molar-refractivity contribution < 1.29 is 9.53 Å². The Morgan fingerprint density at radius 2 is 2.19 bits per heavy atom. The molecule has 0 saturated carbocycles.